The van der Waals surface area contributed by atoms with Crippen LogP contribution >= 0.6 is 24.0 Å². The number of ether oxygens (including phenoxy) is 2. The highest BCUT2D eigenvalue weighted by atomic mass is 127. The van der Waals surface area contributed by atoms with Gasteiger partial charge in [0, 0.05) is 45.3 Å². The van der Waals surface area contributed by atoms with Crippen LogP contribution in [0.25, 0.3) is 0 Å². The molecule has 0 aliphatic carbocycles. The maximum Gasteiger partial charge on any atom is 0.242 e. The minimum absolute atomic E-state index is 0. The topological polar surface area (TPSA) is 66.4 Å². The first-order valence-electron chi connectivity index (χ1n) is 11.0. The van der Waals surface area contributed by atoms with E-state index in [9.17, 15) is 4.79 Å². The summed E-state index contributed by atoms with van der Waals surface area (Å²) in [4.78, 5) is 21.3. The third-order valence-electron chi connectivity index (χ3n) is 5.87. The fraction of sp³-hybridized carbons (Fsp3) is 0.652. The van der Waals surface area contributed by atoms with Gasteiger partial charge in [-0.05, 0) is 51.3 Å². The van der Waals surface area contributed by atoms with Crippen molar-refractivity contribution >= 4 is 35.8 Å². The van der Waals surface area contributed by atoms with Gasteiger partial charge in [0.1, 0.15) is 5.75 Å². The second-order valence-corrected chi connectivity index (χ2v) is 7.71. The Morgan fingerprint density at radius 3 is 2.29 bits per heavy atom. The predicted molar refractivity (Wildman–Crippen MR) is 137 cm³/mol. The van der Waals surface area contributed by atoms with E-state index >= 15 is 0 Å². The van der Waals surface area contributed by atoms with E-state index in [4.69, 9.17) is 14.5 Å². The SMILES string of the molecule is CCNC(=NCC1(c2ccc(OC)cc2)CCOCC1)N(C)CC(=O)N(CC)CC.I. The van der Waals surface area contributed by atoms with Gasteiger partial charge in [0.25, 0.3) is 0 Å². The first kappa shape index (κ1) is 27.5. The Hall–Kier alpha value is -1.55. The standard InChI is InChI=1S/C23H38N4O3.HI/c1-6-24-22(26(4)17-21(28)27(7-2)8-3)25-18-23(13-15-30-16-14-23)19-9-11-20(29-5)12-10-19;/h9-12H,6-8,13-18H2,1-5H3,(H,24,25);1H. The molecule has 7 nitrogen and oxygen atoms in total. The Morgan fingerprint density at radius 2 is 1.77 bits per heavy atom. The largest absolute Gasteiger partial charge is 0.497 e. The molecule has 176 valence electrons. The number of benzene rings is 1. The molecule has 1 aliphatic heterocycles. The van der Waals surface area contributed by atoms with Gasteiger partial charge in [0.05, 0.1) is 20.2 Å². The Labute approximate surface area is 204 Å². The smallest absolute Gasteiger partial charge is 0.242 e. The van der Waals surface area contributed by atoms with Crippen molar-refractivity contribution in [3.8, 4) is 5.75 Å². The number of nitrogens with zero attached hydrogens (tertiary/aromatic N) is 3. The number of hydrogen-bond acceptors (Lipinski definition) is 4. The number of aliphatic imine (C=N–C) groups is 1. The molecule has 0 atom stereocenters. The van der Waals surface area contributed by atoms with Crippen LogP contribution in [0.5, 0.6) is 5.75 Å². The summed E-state index contributed by atoms with van der Waals surface area (Å²) in [6.45, 7) is 10.7. The first-order valence-corrected chi connectivity index (χ1v) is 11.0. The number of halogens is 1. The van der Waals surface area contributed by atoms with Crippen molar-refractivity contribution in [1.82, 2.24) is 15.1 Å². The van der Waals surface area contributed by atoms with Crippen LogP contribution in [-0.4, -0.2) is 81.8 Å². The maximum absolute atomic E-state index is 12.5. The van der Waals surface area contributed by atoms with Crippen LogP contribution in [0.3, 0.4) is 0 Å². The predicted octanol–water partition coefficient (Wildman–Crippen LogP) is 3.13. The summed E-state index contributed by atoms with van der Waals surface area (Å²) in [5.74, 6) is 1.73. The molecule has 0 spiro atoms. The summed E-state index contributed by atoms with van der Waals surface area (Å²) >= 11 is 0. The molecule has 2 rings (SSSR count). The lowest BCUT2D eigenvalue weighted by atomic mass is 9.74. The Kier molecular flexibility index (Phi) is 12.2. The van der Waals surface area contributed by atoms with Crippen LogP contribution in [0.15, 0.2) is 29.3 Å². The molecule has 1 N–H and O–H groups in total. The van der Waals surface area contributed by atoms with E-state index in [0.717, 1.165) is 57.4 Å². The van der Waals surface area contributed by atoms with Gasteiger partial charge in [-0.15, -0.1) is 24.0 Å². The van der Waals surface area contributed by atoms with Crippen molar-refractivity contribution in [2.45, 2.75) is 39.0 Å². The van der Waals surface area contributed by atoms with Crippen LogP contribution in [0, 0.1) is 0 Å². The molecular formula is C23H39IN4O3. The second kappa shape index (κ2) is 13.8. The van der Waals surface area contributed by atoms with Gasteiger partial charge >= 0.3 is 0 Å². The van der Waals surface area contributed by atoms with Crippen molar-refractivity contribution in [3.63, 3.8) is 0 Å². The lowest BCUT2D eigenvalue weighted by Gasteiger charge is -2.37. The maximum atomic E-state index is 12.5. The van der Waals surface area contributed by atoms with E-state index in [2.05, 4.69) is 17.4 Å². The molecule has 0 radical (unpaired) electrons. The third-order valence-corrected chi connectivity index (χ3v) is 5.87. The Balaban J connectivity index is 0.00000480. The fourth-order valence-electron chi connectivity index (χ4n) is 3.89. The molecule has 0 aromatic heterocycles. The van der Waals surface area contributed by atoms with Gasteiger partial charge in [0.15, 0.2) is 5.96 Å². The minimum atomic E-state index is -0.0745. The number of rotatable bonds is 9. The van der Waals surface area contributed by atoms with Crippen molar-refractivity contribution in [3.05, 3.63) is 29.8 Å². The molecule has 0 saturated carbocycles. The van der Waals surface area contributed by atoms with Gasteiger partial charge in [-0.25, -0.2) is 0 Å². The number of amides is 1. The first-order chi connectivity index (χ1) is 14.5. The molecule has 1 fully saturated rings. The van der Waals surface area contributed by atoms with E-state index in [1.807, 2.05) is 49.8 Å². The summed E-state index contributed by atoms with van der Waals surface area (Å²) in [7, 11) is 3.61. The summed E-state index contributed by atoms with van der Waals surface area (Å²) in [5.41, 5.74) is 1.18. The molecule has 1 heterocycles. The van der Waals surface area contributed by atoms with Crippen LogP contribution in [0.2, 0.25) is 0 Å². The summed E-state index contributed by atoms with van der Waals surface area (Å²) in [6, 6.07) is 8.30. The van der Waals surface area contributed by atoms with E-state index in [1.54, 1.807) is 7.11 Å². The van der Waals surface area contributed by atoms with E-state index < -0.39 is 0 Å². The zero-order valence-corrected chi connectivity index (χ0v) is 22.0. The van der Waals surface area contributed by atoms with Gasteiger partial charge < -0.3 is 24.6 Å². The Bertz CT molecular complexity index is 687. The Morgan fingerprint density at radius 1 is 1.16 bits per heavy atom. The molecule has 0 unspecified atom stereocenters. The molecule has 1 amide bonds. The second-order valence-electron chi connectivity index (χ2n) is 7.71. The molecule has 31 heavy (non-hydrogen) atoms. The molecule has 1 saturated heterocycles. The summed E-state index contributed by atoms with van der Waals surface area (Å²) < 4.78 is 11.0. The third kappa shape index (κ3) is 7.52. The average molecular weight is 546 g/mol. The molecule has 1 aliphatic rings. The van der Waals surface area contributed by atoms with E-state index in [0.29, 0.717) is 13.1 Å². The van der Waals surface area contributed by atoms with Crippen LogP contribution in [-0.2, 0) is 14.9 Å². The zero-order valence-electron chi connectivity index (χ0n) is 19.6. The fourth-order valence-corrected chi connectivity index (χ4v) is 3.89. The number of guanidine groups is 1. The van der Waals surface area contributed by atoms with E-state index in [1.165, 1.54) is 5.56 Å². The average Bonchev–Trinajstić information content (AvgIpc) is 2.78. The number of nitrogens with one attached hydrogen (secondary N) is 1. The van der Waals surface area contributed by atoms with Crippen molar-refractivity contribution in [2.75, 3.05) is 60.1 Å². The number of methoxy groups -OCH3 is 1. The van der Waals surface area contributed by atoms with Crippen LogP contribution < -0.4 is 10.1 Å². The minimum Gasteiger partial charge on any atom is -0.497 e. The van der Waals surface area contributed by atoms with Gasteiger partial charge in [-0.3, -0.25) is 9.79 Å². The quantitative estimate of drug-likeness (QED) is 0.293. The highest BCUT2D eigenvalue weighted by Crippen LogP contribution is 2.36. The number of carbonyl (C=O) groups excluding carboxylic acids is 1. The van der Waals surface area contributed by atoms with Gasteiger partial charge in [-0.2, -0.15) is 0 Å². The normalized spacial score (nSPS) is 15.6. The molecule has 0 bridgehead atoms. The van der Waals surface area contributed by atoms with Crippen molar-refractivity contribution in [2.24, 2.45) is 4.99 Å². The zero-order chi connectivity index (χ0) is 22.0. The van der Waals surface area contributed by atoms with Crippen LogP contribution in [0.1, 0.15) is 39.2 Å². The van der Waals surface area contributed by atoms with Crippen LogP contribution in [0.4, 0.5) is 0 Å². The summed E-state index contributed by atoms with van der Waals surface area (Å²) in [5, 5.41) is 3.34. The van der Waals surface area contributed by atoms with Crippen molar-refractivity contribution < 1.29 is 14.3 Å². The lowest BCUT2D eigenvalue weighted by Crippen LogP contribution is -2.46. The highest BCUT2D eigenvalue weighted by molar-refractivity contribution is 14.0. The number of likely N-dealkylation sites (N-methyl/N-ethyl adjacent to an activating group) is 2. The highest BCUT2D eigenvalue weighted by Gasteiger charge is 2.34. The molecule has 1 aromatic rings. The molecule has 8 heteroatoms. The lowest BCUT2D eigenvalue weighted by molar-refractivity contribution is -0.131. The van der Waals surface area contributed by atoms with Gasteiger partial charge in [0.2, 0.25) is 5.91 Å². The molecule has 1 aromatic carbocycles. The number of carbonyl (C=O) groups is 1. The summed E-state index contributed by atoms with van der Waals surface area (Å²) in [6.07, 6.45) is 1.84. The van der Waals surface area contributed by atoms with Crippen molar-refractivity contribution in [1.29, 1.82) is 0 Å². The van der Waals surface area contributed by atoms with Gasteiger partial charge in [-0.1, -0.05) is 12.1 Å². The number of hydrogen-bond donors (Lipinski definition) is 1. The van der Waals surface area contributed by atoms with E-state index in [-0.39, 0.29) is 35.3 Å². The monoisotopic (exact) mass is 546 g/mol. The molecular weight excluding hydrogens is 507 g/mol.